The molecule has 6 nitrogen and oxygen atoms in total. The number of amides is 1. The van der Waals surface area contributed by atoms with Gasteiger partial charge in [-0.2, -0.15) is 0 Å². The molecule has 0 saturated carbocycles. The van der Waals surface area contributed by atoms with Crippen LogP contribution < -0.4 is 5.32 Å². The van der Waals surface area contributed by atoms with Crippen LogP contribution in [0.25, 0.3) is 0 Å². The van der Waals surface area contributed by atoms with E-state index >= 15 is 0 Å². The molecule has 0 fully saturated rings. The van der Waals surface area contributed by atoms with Gasteiger partial charge in [0.05, 0.1) is 0 Å². The fourth-order valence-corrected chi connectivity index (χ4v) is 5.43. The van der Waals surface area contributed by atoms with Crippen molar-refractivity contribution in [3.05, 3.63) is 36.5 Å². The first-order valence-corrected chi connectivity index (χ1v) is 19.1. The molecule has 0 spiro atoms. The van der Waals surface area contributed by atoms with Crippen LogP contribution in [0, 0.1) is 0 Å². The predicted molar refractivity (Wildman–Crippen MR) is 194 cm³/mol. The fraction of sp³-hybridized carbons (Fsp3) is 0.775. The molecule has 1 unspecified atom stereocenters. The number of nitrogens with one attached hydrogen (secondary N) is 1. The summed E-state index contributed by atoms with van der Waals surface area (Å²) in [6.45, 7) is 4.17. The maximum absolute atomic E-state index is 12.7. The number of carboxylic acid groups (broad SMARTS) is 1. The first-order valence-electron chi connectivity index (χ1n) is 19.1. The molecule has 6 heteroatoms. The number of aliphatic carboxylic acids is 1. The molecule has 1 atom stereocenters. The third kappa shape index (κ3) is 34.5. The summed E-state index contributed by atoms with van der Waals surface area (Å²) in [5.74, 6) is -1.27. The van der Waals surface area contributed by atoms with Crippen molar-refractivity contribution in [2.75, 3.05) is 6.54 Å². The molecule has 0 aliphatic rings. The van der Waals surface area contributed by atoms with Gasteiger partial charge in [0.2, 0.25) is 5.91 Å². The van der Waals surface area contributed by atoms with Crippen LogP contribution in [0.3, 0.4) is 0 Å². The molecule has 0 aromatic heterocycles. The normalized spacial score (nSPS) is 12.4. The number of carbonyl (C=O) groups is 3. The van der Waals surface area contributed by atoms with Gasteiger partial charge in [-0.05, 0) is 89.9 Å². The summed E-state index contributed by atoms with van der Waals surface area (Å²) < 4.78 is 5.97. The number of hydrogen-bond acceptors (Lipinski definition) is 4. The first kappa shape index (κ1) is 43.6. The fourth-order valence-electron chi connectivity index (χ4n) is 5.43. The zero-order valence-corrected chi connectivity index (χ0v) is 29.9. The highest BCUT2D eigenvalue weighted by molar-refractivity contribution is 5.80. The van der Waals surface area contributed by atoms with E-state index in [0.29, 0.717) is 12.8 Å². The summed E-state index contributed by atoms with van der Waals surface area (Å²) >= 11 is 0. The zero-order chi connectivity index (χ0) is 33.8. The van der Waals surface area contributed by atoms with Crippen molar-refractivity contribution in [3.63, 3.8) is 0 Å². The van der Waals surface area contributed by atoms with Gasteiger partial charge in [-0.3, -0.25) is 14.4 Å². The second kappa shape index (κ2) is 35.5. The number of ether oxygens (including phenoxy) is 1. The van der Waals surface area contributed by atoms with Crippen LogP contribution in [0.5, 0.6) is 0 Å². The van der Waals surface area contributed by atoms with E-state index in [9.17, 15) is 14.4 Å². The van der Waals surface area contributed by atoms with Crippen LogP contribution >= 0.6 is 0 Å². The van der Waals surface area contributed by atoms with E-state index in [1.54, 1.807) is 0 Å². The predicted octanol–water partition coefficient (Wildman–Crippen LogP) is 11.3. The molecular weight excluding hydrogens is 574 g/mol. The lowest BCUT2D eigenvalue weighted by Crippen LogP contribution is -2.28. The molecule has 2 N–H and O–H groups in total. The Morgan fingerprint density at radius 1 is 0.565 bits per heavy atom. The summed E-state index contributed by atoms with van der Waals surface area (Å²) in [5.41, 5.74) is 0. The quantitative estimate of drug-likeness (QED) is 0.0412. The third-order valence-corrected chi connectivity index (χ3v) is 8.28. The van der Waals surface area contributed by atoms with E-state index in [0.717, 1.165) is 77.0 Å². The van der Waals surface area contributed by atoms with Gasteiger partial charge in [-0.1, -0.05) is 121 Å². The minimum Gasteiger partial charge on any atom is -0.480 e. The number of unbranched alkanes of at least 4 members (excludes halogenated alkanes) is 17. The highest BCUT2D eigenvalue weighted by Crippen LogP contribution is 2.17. The number of carboxylic acids is 1. The van der Waals surface area contributed by atoms with E-state index < -0.39 is 5.97 Å². The number of allylic oxidation sites excluding steroid dienone is 6. The molecule has 0 rings (SSSR count). The highest BCUT2D eigenvalue weighted by Gasteiger charge is 2.14. The Balaban J connectivity index is 4.26. The molecular formula is C40H71NO5. The van der Waals surface area contributed by atoms with Crippen molar-refractivity contribution in [1.29, 1.82) is 0 Å². The number of hydrogen-bond donors (Lipinski definition) is 2. The van der Waals surface area contributed by atoms with Gasteiger partial charge in [-0.15, -0.1) is 0 Å². The van der Waals surface area contributed by atoms with Gasteiger partial charge in [0, 0.05) is 12.8 Å². The van der Waals surface area contributed by atoms with E-state index in [-0.39, 0.29) is 24.5 Å². The van der Waals surface area contributed by atoms with Crippen molar-refractivity contribution >= 4 is 17.8 Å². The Hall–Kier alpha value is -2.37. The van der Waals surface area contributed by atoms with Crippen molar-refractivity contribution in [2.45, 2.75) is 193 Å². The molecule has 0 aliphatic heterocycles. The Bertz CT molecular complexity index is 803. The van der Waals surface area contributed by atoms with Crippen LogP contribution in [0.4, 0.5) is 0 Å². The van der Waals surface area contributed by atoms with Crippen LogP contribution in [0.15, 0.2) is 36.5 Å². The summed E-state index contributed by atoms with van der Waals surface area (Å²) in [7, 11) is 0. The number of rotatable bonds is 34. The second-order valence-electron chi connectivity index (χ2n) is 12.8. The standard InChI is InChI=1S/C40H71NO5/c1-3-5-7-9-11-13-15-16-18-20-22-27-31-35-40(45)46-37(32-28-24-21-19-17-14-12-10-8-6-4-2)33-29-25-23-26-30-34-38(42)41-36-39(43)44/h12-15,19,21,37H,3-11,16-18,20,22-36H2,1-2H3,(H,41,42)(H,43,44)/b14-12-,15-13-,21-19-. The van der Waals surface area contributed by atoms with Crippen molar-refractivity contribution < 1.29 is 24.2 Å². The summed E-state index contributed by atoms with van der Waals surface area (Å²) in [4.78, 5) is 34.9. The molecule has 0 aromatic rings. The van der Waals surface area contributed by atoms with Gasteiger partial charge >= 0.3 is 11.9 Å². The van der Waals surface area contributed by atoms with E-state index in [2.05, 4.69) is 55.6 Å². The topological polar surface area (TPSA) is 92.7 Å². The van der Waals surface area contributed by atoms with Crippen LogP contribution in [-0.2, 0) is 19.1 Å². The maximum atomic E-state index is 12.7. The van der Waals surface area contributed by atoms with Crippen molar-refractivity contribution in [2.24, 2.45) is 0 Å². The lowest BCUT2D eigenvalue weighted by atomic mass is 10.0. The average Bonchev–Trinajstić information content (AvgIpc) is 3.04. The zero-order valence-electron chi connectivity index (χ0n) is 29.9. The van der Waals surface area contributed by atoms with Gasteiger partial charge in [0.25, 0.3) is 0 Å². The maximum Gasteiger partial charge on any atom is 0.322 e. The highest BCUT2D eigenvalue weighted by atomic mass is 16.5. The Morgan fingerprint density at radius 3 is 1.65 bits per heavy atom. The van der Waals surface area contributed by atoms with Crippen LogP contribution in [0.2, 0.25) is 0 Å². The third-order valence-electron chi connectivity index (χ3n) is 8.28. The Labute approximate surface area is 283 Å². The second-order valence-corrected chi connectivity index (χ2v) is 12.8. The summed E-state index contributed by atoms with van der Waals surface area (Å²) in [5, 5.41) is 11.1. The van der Waals surface area contributed by atoms with E-state index in [1.807, 2.05) is 0 Å². The van der Waals surface area contributed by atoms with Gasteiger partial charge in [0.15, 0.2) is 0 Å². The monoisotopic (exact) mass is 646 g/mol. The first-order chi connectivity index (χ1) is 22.5. The Kier molecular flexibility index (Phi) is 33.7. The largest absolute Gasteiger partial charge is 0.480 e. The van der Waals surface area contributed by atoms with Gasteiger partial charge in [0.1, 0.15) is 12.6 Å². The lowest BCUT2D eigenvalue weighted by Gasteiger charge is -2.18. The average molecular weight is 646 g/mol. The van der Waals surface area contributed by atoms with E-state index in [4.69, 9.17) is 9.84 Å². The molecule has 0 heterocycles. The van der Waals surface area contributed by atoms with Gasteiger partial charge in [-0.25, -0.2) is 0 Å². The molecule has 0 saturated heterocycles. The minimum atomic E-state index is -1.02. The molecule has 0 radical (unpaired) electrons. The van der Waals surface area contributed by atoms with Crippen molar-refractivity contribution in [1.82, 2.24) is 5.32 Å². The van der Waals surface area contributed by atoms with Gasteiger partial charge < -0.3 is 15.2 Å². The lowest BCUT2D eigenvalue weighted by molar-refractivity contribution is -0.150. The molecule has 266 valence electrons. The molecule has 1 amide bonds. The summed E-state index contributed by atoms with van der Waals surface area (Å²) in [6.07, 6.45) is 42.6. The van der Waals surface area contributed by atoms with E-state index in [1.165, 1.54) is 83.5 Å². The number of carbonyl (C=O) groups excluding carboxylic acids is 2. The Morgan fingerprint density at radius 2 is 1.02 bits per heavy atom. The smallest absolute Gasteiger partial charge is 0.322 e. The molecule has 0 aliphatic carbocycles. The molecule has 0 bridgehead atoms. The summed E-state index contributed by atoms with van der Waals surface area (Å²) in [6, 6.07) is 0. The number of esters is 1. The van der Waals surface area contributed by atoms with Crippen LogP contribution in [0.1, 0.15) is 187 Å². The van der Waals surface area contributed by atoms with Crippen LogP contribution in [-0.4, -0.2) is 35.6 Å². The minimum absolute atomic E-state index is 0.0186. The SMILES string of the molecule is CCCCC/C=C\C/C=C\CCCC(CCCCCCCC(=O)NCC(=O)O)OC(=O)CCCCCCC/C=C\CCCCCC. The molecule has 0 aromatic carbocycles. The molecule has 46 heavy (non-hydrogen) atoms. The van der Waals surface area contributed by atoms with Crippen molar-refractivity contribution in [3.8, 4) is 0 Å².